The van der Waals surface area contributed by atoms with Gasteiger partial charge in [-0.25, -0.2) is 0 Å². The van der Waals surface area contributed by atoms with E-state index in [9.17, 15) is 9.59 Å². The van der Waals surface area contributed by atoms with Crippen molar-refractivity contribution in [2.45, 2.75) is 20.3 Å². The number of Topliss-reactive ketones (excluding diaryl/α,β-unsaturated/α-hetero) is 1. The Balaban J connectivity index is 1.94. The van der Waals surface area contributed by atoms with Crippen molar-refractivity contribution in [1.29, 1.82) is 0 Å². The van der Waals surface area contributed by atoms with Crippen molar-refractivity contribution in [3.63, 3.8) is 0 Å². The van der Waals surface area contributed by atoms with Gasteiger partial charge in [-0.15, -0.1) is 0 Å². The minimum Gasteiger partial charge on any atom is -0.334 e. The highest BCUT2D eigenvalue weighted by molar-refractivity contribution is 6.15. The van der Waals surface area contributed by atoms with Gasteiger partial charge in [0.25, 0.3) is 0 Å². The Kier molecular flexibility index (Phi) is 6.78. The predicted molar refractivity (Wildman–Crippen MR) is 118 cm³/mol. The topological polar surface area (TPSA) is 49.4 Å². The molecule has 0 radical (unpaired) electrons. The number of hydrogen-bond acceptors (Lipinski definition) is 3. The van der Waals surface area contributed by atoms with Gasteiger partial charge in [-0.3, -0.25) is 9.59 Å². The maximum Gasteiger partial charge on any atom is 0.224 e. The van der Waals surface area contributed by atoms with Gasteiger partial charge in [0.2, 0.25) is 5.91 Å². The number of carbonyl (C=O) groups is 2. The third kappa shape index (κ3) is 5.52. The molecule has 1 fully saturated rings. The van der Waals surface area contributed by atoms with Gasteiger partial charge in [-0.2, -0.15) is 0 Å². The monoisotopic (exact) mass is 388 g/mol. The summed E-state index contributed by atoms with van der Waals surface area (Å²) in [5, 5.41) is 3.02. The summed E-state index contributed by atoms with van der Waals surface area (Å²) in [6, 6.07) is 16.1. The van der Waals surface area contributed by atoms with Crippen LogP contribution in [0.2, 0.25) is 0 Å². The first-order valence-corrected chi connectivity index (χ1v) is 9.98. The summed E-state index contributed by atoms with van der Waals surface area (Å²) in [7, 11) is 1.83. The highest BCUT2D eigenvalue weighted by Gasteiger charge is 2.28. The quantitative estimate of drug-likeness (QED) is 0.793. The molecule has 3 rings (SSSR count). The molecule has 1 amide bonds. The molecule has 1 N–H and O–H groups in total. The van der Waals surface area contributed by atoms with Crippen LogP contribution in [0.3, 0.4) is 0 Å². The summed E-state index contributed by atoms with van der Waals surface area (Å²) in [6.07, 6.45) is 4.23. The number of amides is 1. The SMILES string of the molecule is CNCCC(=O)N1C/C(=C\c2ccc(C)cc2)C(=O)/C(=C/c2ccc(C)cc2)C1. The Hall–Kier alpha value is -2.98. The van der Waals surface area contributed by atoms with Crippen LogP contribution in [-0.2, 0) is 9.59 Å². The molecule has 1 aliphatic heterocycles. The summed E-state index contributed by atoms with van der Waals surface area (Å²) in [4.78, 5) is 27.6. The van der Waals surface area contributed by atoms with Gasteiger partial charge in [0.05, 0.1) is 0 Å². The average Bonchev–Trinajstić information content (AvgIpc) is 2.72. The van der Waals surface area contributed by atoms with E-state index in [4.69, 9.17) is 0 Å². The van der Waals surface area contributed by atoms with Crippen LogP contribution in [-0.4, -0.2) is 43.3 Å². The fourth-order valence-electron chi connectivity index (χ4n) is 3.33. The number of ketones is 1. The van der Waals surface area contributed by atoms with Crippen molar-refractivity contribution < 1.29 is 9.59 Å². The van der Waals surface area contributed by atoms with Gasteiger partial charge in [-0.05, 0) is 44.2 Å². The summed E-state index contributed by atoms with van der Waals surface area (Å²) in [5.74, 6) is 0.0697. The van der Waals surface area contributed by atoms with Gasteiger partial charge in [0.15, 0.2) is 5.78 Å². The van der Waals surface area contributed by atoms with Crippen LogP contribution >= 0.6 is 0 Å². The van der Waals surface area contributed by atoms with E-state index in [1.807, 2.05) is 81.6 Å². The molecule has 1 saturated heterocycles. The third-order valence-electron chi connectivity index (χ3n) is 5.08. The van der Waals surface area contributed by atoms with Crippen molar-refractivity contribution in [2.24, 2.45) is 0 Å². The van der Waals surface area contributed by atoms with E-state index >= 15 is 0 Å². The van der Waals surface area contributed by atoms with Crippen molar-refractivity contribution in [2.75, 3.05) is 26.7 Å². The van der Waals surface area contributed by atoms with Crippen LogP contribution in [0.25, 0.3) is 12.2 Å². The number of hydrogen-bond donors (Lipinski definition) is 1. The molecule has 0 bridgehead atoms. The van der Waals surface area contributed by atoms with Crippen LogP contribution < -0.4 is 5.32 Å². The van der Waals surface area contributed by atoms with E-state index in [1.54, 1.807) is 4.90 Å². The number of piperidine rings is 1. The zero-order valence-corrected chi connectivity index (χ0v) is 17.4. The van der Waals surface area contributed by atoms with E-state index in [0.717, 1.165) is 11.1 Å². The molecule has 1 heterocycles. The van der Waals surface area contributed by atoms with Gasteiger partial charge < -0.3 is 10.2 Å². The van der Waals surface area contributed by atoms with Crippen molar-refractivity contribution in [3.8, 4) is 0 Å². The molecule has 150 valence electrons. The van der Waals surface area contributed by atoms with Crippen molar-refractivity contribution in [3.05, 3.63) is 81.9 Å². The van der Waals surface area contributed by atoms with Crippen molar-refractivity contribution in [1.82, 2.24) is 10.2 Å². The Bertz CT molecular complexity index is 870. The number of aryl methyl sites for hydroxylation is 2. The normalized spacial score (nSPS) is 17.2. The predicted octanol–water partition coefficient (Wildman–Crippen LogP) is 3.79. The first kappa shape index (κ1) is 20.7. The second kappa shape index (κ2) is 9.48. The smallest absolute Gasteiger partial charge is 0.224 e. The number of nitrogens with zero attached hydrogens (tertiary/aromatic N) is 1. The second-order valence-corrected chi connectivity index (χ2v) is 7.59. The van der Waals surface area contributed by atoms with E-state index in [-0.39, 0.29) is 11.7 Å². The van der Waals surface area contributed by atoms with Gasteiger partial charge >= 0.3 is 0 Å². The fourth-order valence-corrected chi connectivity index (χ4v) is 3.33. The van der Waals surface area contributed by atoms with Gasteiger partial charge in [-0.1, -0.05) is 59.7 Å². The van der Waals surface area contributed by atoms with Crippen LogP contribution in [0.15, 0.2) is 59.7 Å². The number of rotatable bonds is 5. The lowest BCUT2D eigenvalue weighted by atomic mass is 9.93. The van der Waals surface area contributed by atoms with Crippen molar-refractivity contribution >= 4 is 23.8 Å². The Morgan fingerprint density at radius 3 is 1.76 bits per heavy atom. The van der Waals surface area contributed by atoms with Gasteiger partial charge in [0, 0.05) is 37.2 Å². The Morgan fingerprint density at radius 2 is 1.34 bits per heavy atom. The minimum atomic E-state index is 0.0174. The average molecular weight is 389 g/mol. The number of benzene rings is 2. The second-order valence-electron chi connectivity index (χ2n) is 7.59. The van der Waals surface area contributed by atoms with Crippen LogP contribution in [0.4, 0.5) is 0 Å². The molecule has 0 aliphatic carbocycles. The summed E-state index contributed by atoms with van der Waals surface area (Å²) >= 11 is 0. The molecular weight excluding hydrogens is 360 g/mol. The molecule has 2 aromatic carbocycles. The largest absolute Gasteiger partial charge is 0.334 e. The standard InChI is InChI=1S/C25H28N2O2/c1-18-4-8-20(9-5-18)14-22-16-27(24(28)12-13-26-3)17-23(25(22)29)15-21-10-6-19(2)7-11-21/h4-11,14-15,26H,12-13,16-17H2,1-3H3/b22-14+,23-15+. The number of nitrogens with one attached hydrogen (secondary N) is 1. The van der Waals surface area contributed by atoms with E-state index in [0.29, 0.717) is 37.2 Å². The zero-order valence-electron chi connectivity index (χ0n) is 17.4. The molecule has 0 unspecified atom stereocenters. The molecule has 0 aromatic heterocycles. The first-order valence-electron chi connectivity index (χ1n) is 9.98. The molecule has 0 atom stereocenters. The molecule has 4 heteroatoms. The third-order valence-corrected chi connectivity index (χ3v) is 5.08. The summed E-state index contributed by atoms with van der Waals surface area (Å²) < 4.78 is 0. The molecule has 1 aliphatic rings. The van der Waals surface area contributed by atoms with Crippen LogP contribution in [0.5, 0.6) is 0 Å². The fraction of sp³-hybridized carbons (Fsp3) is 0.280. The first-order chi connectivity index (χ1) is 14.0. The lowest BCUT2D eigenvalue weighted by Crippen LogP contribution is -2.42. The van der Waals surface area contributed by atoms with E-state index < -0.39 is 0 Å². The molecule has 29 heavy (non-hydrogen) atoms. The maximum atomic E-state index is 13.2. The minimum absolute atomic E-state index is 0.0174. The summed E-state index contributed by atoms with van der Waals surface area (Å²) in [5.41, 5.74) is 5.58. The molecule has 0 spiro atoms. The van der Waals surface area contributed by atoms with Gasteiger partial charge in [0.1, 0.15) is 0 Å². The summed E-state index contributed by atoms with van der Waals surface area (Å²) in [6.45, 7) is 5.39. The maximum absolute atomic E-state index is 13.2. The lowest BCUT2D eigenvalue weighted by Gasteiger charge is -2.30. The number of likely N-dealkylation sites (tertiary alicyclic amines) is 1. The molecule has 0 saturated carbocycles. The molecule has 2 aromatic rings. The highest BCUT2D eigenvalue weighted by atomic mass is 16.2. The Morgan fingerprint density at radius 1 is 0.897 bits per heavy atom. The number of carbonyl (C=O) groups excluding carboxylic acids is 2. The molecular formula is C25H28N2O2. The van der Waals surface area contributed by atoms with Crippen LogP contribution in [0, 0.1) is 13.8 Å². The van der Waals surface area contributed by atoms with E-state index in [1.165, 1.54) is 11.1 Å². The molecule has 4 nitrogen and oxygen atoms in total. The van der Waals surface area contributed by atoms with Crippen LogP contribution in [0.1, 0.15) is 28.7 Å². The zero-order chi connectivity index (χ0) is 20.8. The lowest BCUT2D eigenvalue weighted by molar-refractivity contribution is -0.131. The highest BCUT2D eigenvalue weighted by Crippen LogP contribution is 2.23. The Labute approximate surface area is 172 Å². The van der Waals surface area contributed by atoms with E-state index in [2.05, 4.69) is 5.32 Å².